The number of halogens is 1. The van der Waals surface area contributed by atoms with Crippen molar-refractivity contribution < 1.29 is 0 Å². The number of rotatable bonds is 3. The van der Waals surface area contributed by atoms with Crippen molar-refractivity contribution >= 4 is 11.6 Å². The van der Waals surface area contributed by atoms with Crippen molar-refractivity contribution in [3.63, 3.8) is 0 Å². The molecule has 0 heterocycles. The van der Waals surface area contributed by atoms with Crippen LogP contribution in [0.5, 0.6) is 0 Å². The zero-order valence-electron chi connectivity index (χ0n) is 11.0. The van der Waals surface area contributed by atoms with E-state index in [0.29, 0.717) is 17.5 Å². The molecule has 1 aliphatic rings. The Morgan fingerprint density at radius 3 is 2.47 bits per heavy atom. The first-order valence-corrected chi connectivity index (χ1v) is 6.86. The minimum Gasteiger partial charge on any atom is -0.307 e. The predicted octanol–water partition coefficient (Wildman–Crippen LogP) is 4.57. The van der Waals surface area contributed by atoms with Crippen LogP contribution in [0.1, 0.15) is 51.6 Å². The Morgan fingerprint density at radius 1 is 1.29 bits per heavy atom. The third-order valence-corrected chi connectivity index (χ3v) is 4.08. The van der Waals surface area contributed by atoms with Crippen molar-refractivity contribution in [2.75, 3.05) is 0 Å². The Hall–Kier alpha value is -0.530. The molecule has 0 aromatic heterocycles. The largest absolute Gasteiger partial charge is 0.307 e. The lowest BCUT2D eigenvalue weighted by atomic mass is 9.91. The molecule has 0 saturated heterocycles. The second-order valence-corrected chi connectivity index (χ2v) is 6.48. The van der Waals surface area contributed by atoms with E-state index in [1.807, 2.05) is 12.1 Å². The van der Waals surface area contributed by atoms with Gasteiger partial charge >= 0.3 is 0 Å². The summed E-state index contributed by atoms with van der Waals surface area (Å²) >= 11 is 5.90. The molecule has 94 valence electrons. The molecule has 0 aliphatic heterocycles. The molecule has 1 aliphatic carbocycles. The third kappa shape index (κ3) is 3.46. The van der Waals surface area contributed by atoms with Gasteiger partial charge < -0.3 is 5.32 Å². The van der Waals surface area contributed by atoms with Gasteiger partial charge in [-0.1, -0.05) is 37.6 Å². The van der Waals surface area contributed by atoms with Crippen LogP contribution in [0.3, 0.4) is 0 Å². The minimum absolute atomic E-state index is 0.408. The molecule has 17 heavy (non-hydrogen) atoms. The Kier molecular flexibility index (Phi) is 3.79. The number of hydrogen-bond donors (Lipinski definition) is 1. The molecule has 1 aromatic carbocycles. The molecule has 1 saturated carbocycles. The molecule has 0 spiro atoms. The van der Waals surface area contributed by atoms with Gasteiger partial charge in [0.2, 0.25) is 0 Å². The van der Waals surface area contributed by atoms with Gasteiger partial charge in [-0.15, -0.1) is 0 Å². The molecule has 1 aromatic rings. The maximum absolute atomic E-state index is 5.90. The van der Waals surface area contributed by atoms with E-state index < -0.39 is 0 Å². The van der Waals surface area contributed by atoms with Crippen LogP contribution in [-0.4, -0.2) is 6.04 Å². The summed E-state index contributed by atoms with van der Waals surface area (Å²) in [5, 5.41) is 4.54. The predicted molar refractivity (Wildman–Crippen MR) is 74.4 cm³/mol. The third-order valence-electron chi connectivity index (χ3n) is 3.82. The number of nitrogens with one attached hydrogen (secondary N) is 1. The van der Waals surface area contributed by atoms with E-state index in [4.69, 9.17) is 11.6 Å². The van der Waals surface area contributed by atoms with E-state index in [2.05, 4.69) is 38.2 Å². The van der Waals surface area contributed by atoms with Gasteiger partial charge in [0.15, 0.2) is 0 Å². The van der Waals surface area contributed by atoms with Gasteiger partial charge in [0, 0.05) is 17.1 Å². The molecule has 0 radical (unpaired) electrons. The fourth-order valence-electron chi connectivity index (χ4n) is 2.78. The van der Waals surface area contributed by atoms with E-state index in [1.54, 1.807) is 0 Å². The molecule has 2 atom stereocenters. The van der Waals surface area contributed by atoms with Gasteiger partial charge in [-0.2, -0.15) is 0 Å². The van der Waals surface area contributed by atoms with Gasteiger partial charge in [-0.25, -0.2) is 0 Å². The lowest BCUT2D eigenvalue weighted by Gasteiger charge is -2.22. The van der Waals surface area contributed by atoms with Gasteiger partial charge in [-0.05, 0) is 49.3 Å². The maximum atomic E-state index is 5.90. The highest BCUT2D eigenvalue weighted by molar-refractivity contribution is 6.30. The van der Waals surface area contributed by atoms with Crippen molar-refractivity contribution in [2.45, 2.75) is 52.1 Å². The Bertz CT molecular complexity index is 369. The molecular weight excluding hydrogens is 230 g/mol. The first kappa shape index (κ1) is 12.9. The smallest absolute Gasteiger partial charge is 0.0406 e. The molecule has 1 N–H and O–H groups in total. The zero-order chi connectivity index (χ0) is 12.5. The number of hydrogen-bond acceptors (Lipinski definition) is 1. The van der Waals surface area contributed by atoms with Crippen molar-refractivity contribution in [1.82, 2.24) is 5.32 Å². The highest BCUT2D eigenvalue weighted by atomic mass is 35.5. The summed E-state index contributed by atoms with van der Waals surface area (Å²) in [5.74, 6) is 0. The van der Waals surface area contributed by atoms with Crippen LogP contribution in [0, 0.1) is 5.41 Å². The van der Waals surface area contributed by atoms with Crippen molar-refractivity contribution in [1.29, 1.82) is 0 Å². The molecule has 0 amide bonds. The summed E-state index contributed by atoms with van der Waals surface area (Å²) in [6.07, 6.45) is 3.91. The van der Waals surface area contributed by atoms with E-state index in [-0.39, 0.29) is 0 Å². The van der Waals surface area contributed by atoms with Crippen LogP contribution in [0.25, 0.3) is 0 Å². The summed E-state index contributed by atoms with van der Waals surface area (Å²) in [4.78, 5) is 0. The normalized spacial score (nSPS) is 24.8. The van der Waals surface area contributed by atoms with Gasteiger partial charge in [0.25, 0.3) is 0 Å². The average molecular weight is 252 g/mol. The fourth-order valence-corrected chi connectivity index (χ4v) is 2.91. The molecule has 2 unspecified atom stereocenters. The fraction of sp³-hybridized carbons (Fsp3) is 0.600. The quantitative estimate of drug-likeness (QED) is 0.830. The van der Waals surface area contributed by atoms with Crippen LogP contribution in [-0.2, 0) is 0 Å². The first-order valence-electron chi connectivity index (χ1n) is 6.48. The van der Waals surface area contributed by atoms with E-state index in [9.17, 15) is 0 Å². The molecular formula is C15H22ClN. The van der Waals surface area contributed by atoms with Crippen LogP contribution >= 0.6 is 11.6 Å². The van der Waals surface area contributed by atoms with E-state index in [0.717, 1.165) is 5.02 Å². The second kappa shape index (κ2) is 4.99. The van der Waals surface area contributed by atoms with Crippen molar-refractivity contribution in [3.8, 4) is 0 Å². The average Bonchev–Trinajstić information content (AvgIpc) is 2.59. The lowest BCUT2D eigenvalue weighted by molar-refractivity contribution is 0.356. The summed E-state index contributed by atoms with van der Waals surface area (Å²) in [6, 6.07) is 9.23. The lowest BCUT2D eigenvalue weighted by Crippen LogP contribution is -2.30. The van der Waals surface area contributed by atoms with Crippen LogP contribution in [0.15, 0.2) is 24.3 Å². The Labute approximate surface area is 110 Å². The minimum atomic E-state index is 0.408. The molecule has 1 nitrogen and oxygen atoms in total. The summed E-state index contributed by atoms with van der Waals surface area (Å²) in [7, 11) is 0. The highest BCUT2D eigenvalue weighted by Crippen LogP contribution is 2.37. The summed E-state index contributed by atoms with van der Waals surface area (Å²) in [5.41, 5.74) is 1.83. The van der Waals surface area contributed by atoms with E-state index >= 15 is 0 Å². The standard InChI is InChI=1S/C15H22ClN/c1-11(12-4-6-13(16)7-5-12)17-14-8-9-15(2,3)10-14/h4-7,11,14,17H,8-10H2,1-3H3. The van der Waals surface area contributed by atoms with Gasteiger partial charge in [-0.3, -0.25) is 0 Å². The maximum Gasteiger partial charge on any atom is 0.0406 e. The summed E-state index contributed by atoms with van der Waals surface area (Å²) in [6.45, 7) is 6.96. The second-order valence-electron chi connectivity index (χ2n) is 6.04. The molecule has 1 fully saturated rings. The summed E-state index contributed by atoms with van der Waals surface area (Å²) < 4.78 is 0. The Morgan fingerprint density at radius 2 is 1.94 bits per heavy atom. The van der Waals surface area contributed by atoms with Crippen LogP contribution in [0.2, 0.25) is 5.02 Å². The molecule has 0 bridgehead atoms. The van der Waals surface area contributed by atoms with Crippen molar-refractivity contribution in [3.05, 3.63) is 34.9 Å². The SMILES string of the molecule is CC(NC1CCC(C)(C)C1)c1ccc(Cl)cc1. The number of benzene rings is 1. The van der Waals surface area contributed by atoms with Gasteiger partial charge in [0.1, 0.15) is 0 Å². The monoisotopic (exact) mass is 251 g/mol. The topological polar surface area (TPSA) is 12.0 Å². The van der Waals surface area contributed by atoms with Crippen LogP contribution < -0.4 is 5.32 Å². The van der Waals surface area contributed by atoms with E-state index in [1.165, 1.54) is 24.8 Å². The molecule has 2 heteroatoms. The molecule has 2 rings (SSSR count). The van der Waals surface area contributed by atoms with Crippen molar-refractivity contribution in [2.24, 2.45) is 5.41 Å². The first-order chi connectivity index (χ1) is 7.96. The van der Waals surface area contributed by atoms with Crippen LogP contribution in [0.4, 0.5) is 0 Å². The highest BCUT2D eigenvalue weighted by Gasteiger charge is 2.31. The Balaban J connectivity index is 1.93. The van der Waals surface area contributed by atoms with Gasteiger partial charge in [0.05, 0.1) is 0 Å². The zero-order valence-corrected chi connectivity index (χ0v) is 11.7.